The van der Waals surface area contributed by atoms with Crippen molar-refractivity contribution in [3.05, 3.63) is 24.3 Å². The van der Waals surface area contributed by atoms with Crippen LogP contribution in [0.3, 0.4) is 0 Å². The Morgan fingerprint density at radius 3 is 2.95 bits per heavy atom. The molecule has 0 aliphatic heterocycles. The second-order valence-corrected chi connectivity index (χ2v) is 5.41. The van der Waals surface area contributed by atoms with Gasteiger partial charge in [0.1, 0.15) is 5.75 Å². The maximum atomic E-state index is 10.8. The van der Waals surface area contributed by atoms with Gasteiger partial charge in [-0.1, -0.05) is 31.9 Å². The SMILES string of the molecule is CCC1CCCC1Nc1ccccc1OCCC(N)=O. The van der Waals surface area contributed by atoms with Gasteiger partial charge in [0.05, 0.1) is 18.7 Å². The topological polar surface area (TPSA) is 64.3 Å². The number of rotatable bonds is 7. The fraction of sp³-hybridized carbons (Fsp3) is 0.562. The van der Waals surface area contributed by atoms with E-state index >= 15 is 0 Å². The first-order chi connectivity index (χ1) is 9.70. The van der Waals surface area contributed by atoms with Gasteiger partial charge >= 0.3 is 0 Å². The molecular formula is C16H24N2O2. The highest BCUT2D eigenvalue weighted by molar-refractivity contribution is 5.73. The molecule has 0 heterocycles. The van der Waals surface area contributed by atoms with Crippen molar-refractivity contribution < 1.29 is 9.53 Å². The number of amides is 1. The molecule has 0 bridgehead atoms. The van der Waals surface area contributed by atoms with E-state index in [1.54, 1.807) is 0 Å². The highest BCUT2D eigenvalue weighted by atomic mass is 16.5. The molecule has 0 saturated heterocycles. The van der Waals surface area contributed by atoms with E-state index in [-0.39, 0.29) is 12.3 Å². The molecule has 3 N–H and O–H groups in total. The van der Waals surface area contributed by atoms with Crippen molar-refractivity contribution in [2.45, 2.75) is 45.1 Å². The number of hydrogen-bond donors (Lipinski definition) is 2. The fourth-order valence-electron chi connectivity index (χ4n) is 2.89. The minimum Gasteiger partial charge on any atom is -0.491 e. The van der Waals surface area contributed by atoms with Crippen molar-refractivity contribution in [3.63, 3.8) is 0 Å². The first-order valence-electron chi connectivity index (χ1n) is 7.47. The minimum atomic E-state index is -0.336. The first kappa shape index (κ1) is 14.7. The van der Waals surface area contributed by atoms with Gasteiger partial charge in [0, 0.05) is 6.04 Å². The summed E-state index contributed by atoms with van der Waals surface area (Å²) in [6.45, 7) is 2.58. The lowest BCUT2D eigenvalue weighted by Crippen LogP contribution is -2.24. The van der Waals surface area contributed by atoms with Gasteiger partial charge in [0.2, 0.25) is 5.91 Å². The second kappa shape index (κ2) is 7.17. The number of anilines is 1. The van der Waals surface area contributed by atoms with Gasteiger partial charge in [-0.05, 0) is 30.9 Å². The van der Waals surface area contributed by atoms with Crippen LogP contribution in [0.1, 0.15) is 39.0 Å². The highest BCUT2D eigenvalue weighted by Crippen LogP contribution is 2.33. The lowest BCUT2D eigenvalue weighted by molar-refractivity contribution is -0.118. The summed E-state index contributed by atoms with van der Waals surface area (Å²) in [5, 5.41) is 3.61. The lowest BCUT2D eigenvalue weighted by atomic mass is 10.0. The Kier molecular flexibility index (Phi) is 5.27. The van der Waals surface area contributed by atoms with Crippen molar-refractivity contribution in [1.82, 2.24) is 0 Å². The zero-order valence-electron chi connectivity index (χ0n) is 12.1. The Labute approximate surface area is 120 Å². The van der Waals surface area contributed by atoms with Gasteiger partial charge < -0.3 is 15.8 Å². The van der Waals surface area contributed by atoms with Gasteiger partial charge in [0.15, 0.2) is 0 Å². The van der Waals surface area contributed by atoms with E-state index < -0.39 is 0 Å². The van der Waals surface area contributed by atoms with Crippen LogP contribution in [0.2, 0.25) is 0 Å². The predicted octanol–water partition coefficient (Wildman–Crippen LogP) is 2.93. The molecule has 1 aliphatic rings. The molecule has 1 amide bonds. The number of nitrogens with two attached hydrogens (primary N) is 1. The molecule has 4 heteroatoms. The fourth-order valence-corrected chi connectivity index (χ4v) is 2.89. The molecule has 4 nitrogen and oxygen atoms in total. The van der Waals surface area contributed by atoms with E-state index in [2.05, 4.69) is 12.2 Å². The Morgan fingerprint density at radius 2 is 2.20 bits per heavy atom. The summed E-state index contributed by atoms with van der Waals surface area (Å²) in [5.41, 5.74) is 6.14. The number of carbonyl (C=O) groups excluding carboxylic acids is 1. The maximum Gasteiger partial charge on any atom is 0.220 e. The molecule has 0 aromatic heterocycles. The van der Waals surface area contributed by atoms with Crippen LogP contribution in [0, 0.1) is 5.92 Å². The summed E-state index contributed by atoms with van der Waals surface area (Å²) >= 11 is 0. The third-order valence-electron chi connectivity index (χ3n) is 4.02. The third-order valence-corrected chi connectivity index (χ3v) is 4.02. The number of para-hydroxylation sites is 2. The number of ether oxygens (including phenoxy) is 1. The molecule has 1 saturated carbocycles. The average molecular weight is 276 g/mol. The summed E-state index contributed by atoms with van der Waals surface area (Å²) in [5.74, 6) is 1.21. The zero-order chi connectivity index (χ0) is 14.4. The lowest BCUT2D eigenvalue weighted by Gasteiger charge is -2.22. The van der Waals surface area contributed by atoms with Gasteiger partial charge in [-0.15, -0.1) is 0 Å². The number of hydrogen-bond acceptors (Lipinski definition) is 3. The van der Waals surface area contributed by atoms with Gasteiger partial charge in [-0.3, -0.25) is 4.79 Å². The summed E-state index contributed by atoms with van der Waals surface area (Å²) in [6, 6.07) is 8.43. The van der Waals surface area contributed by atoms with Crippen molar-refractivity contribution in [1.29, 1.82) is 0 Å². The van der Waals surface area contributed by atoms with E-state index in [0.29, 0.717) is 12.6 Å². The Morgan fingerprint density at radius 1 is 1.40 bits per heavy atom. The second-order valence-electron chi connectivity index (χ2n) is 5.41. The Bertz CT molecular complexity index is 448. The molecule has 1 aromatic carbocycles. The van der Waals surface area contributed by atoms with Crippen LogP contribution in [0.4, 0.5) is 5.69 Å². The largest absolute Gasteiger partial charge is 0.491 e. The molecule has 0 radical (unpaired) electrons. The monoisotopic (exact) mass is 276 g/mol. The van der Waals surface area contributed by atoms with Crippen LogP contribution in [-0.4, -0.2) is 18.6 Å². The normalized spacial score (nSPS) is 21.6. The smallest absolute Gasteiger partial charge is 0.220 e. The quantitative estimate of drug-likeness (QED) is 0.804. The van der Waals surface area contributed by atoms with E-state index in [1.165, 1.54) is 25.7 Å². The molecule has 2 unspecified atom stereocenters. The molecule has 20 heavy (non-hydrogen) atoms. The van der Waals surface area contributed by atoms with E-state index in [9.17, 15) is 4.79 Å². The molecule has 2 atom stereocenters. The molecule has 2 rings (SSSR count). The number of nitrogens with one attached hydrogen (secondary N) is 1. The first-order valence-corrected chi connectivity index (χ1v) is 7.47. The number of primary amides is 1. The summed E-state index contributed by atoms with van der Waals surface area (Å²) in [6.07, 6.45) is 5.27. The highest BCUT2D eigenvalue weighted by Gasteiger charge is 2.26. The van der Waals surface area contributed by atoms with E-state index in [1.807, 2.05) is 24.3 Å². The van der Waals surface area contributed by atoms with Crippen molar-refractivity contribution in [2.24, 2.45) is 11.7 Å². The minimum absolute atomic E-state index is 0.245. The van der Waals surface area contributed by atoms with Crippen LogP contribution < -0.4 is 15.8 Å². The van der Waals surface area contributed by atoms with Gasteiger partial charge in [0.25, 0.3) is 0 Å². The van der Waals surface area contributed by atoms with Gasteiger partial charge in [-0.25, -0.2) is 0 Å². The van der Waals surface area contributed by atoms with Crippen LogP contribution in [0.5, 0.6) is 5.75 Å². The Hall–Kier alpha value is -1.71. The molecule has 1 fully saturated rings. The van der Waals surface area contributed by atoms with Crippen LogP contribution in [-0.2, 0) is 4.79 Å². The average Bonchev–Trinajstić information content (AvgIpc) is 2.87. The van der Waals surface area contributed by atoms with Crippen molar-refractivity contribution in [3.8, 4) is 5.75 Å². The molecule has 0 spiro atoms. The van der Waals surface area contributed by atoms with E-state index in [4.69, 9.17) is 10.5 Å². The molecule has 1 aromatic rings. The third kappa shape index (κ3) is 3.89. The zero-order valence-corrected chi connectivity index (χ0v) is 12.1. The van der Waals surface area contributed by atoms with E-state index in [0.717, 1.165) is 17.4 Å². The Balaban J connectivity index is 1.98. The van der Waals surface area contributed by atoms with Crippen molar-refractivity contribution >= 4 is 11.6 Å². The molecular weight excluding hydrogens is 252 g/mol. The number of carbonyl (C=O) groups is 1. The van der Waals surface area contributed by atoms with Crippen LogP contribution >= 0.6 is 0 Å². The van der Waals surface area contributed by atoms with Crippen LogP contribution in [0.15, 0.2) is 24.3 Å². The summed E-state index contributed by atoms with van der Waals surface area (Å²) < 4.78 is 5.66. The standard InChI is InChI=1S/C16H24N2O2/c1-2-12-6-5-8-13(12)18-14-7-3-4-9-15(14)20-11-10-16(17)19/h3-4,7,9,12-13,18H,2,5-6,8,10-11H2,1H3,(H2,17,19). The van der Waals surface area contributed by atoms with Crippen molar-refractivity contribution in [2.75, 3.05) is 11.9 Å². The van der Waals surface area contributed by atoms with Crippen LogP contribution in [0.25, 0.3) is 0 Å². The predicted molar refractivity (Wildman–Crippen MR) is 80.8 cm³/mol. The summed E-state index contributed by atoms with van der Waals surface area (Å²) in [4.78, 5) is 10.8. The summed E-state index contributed by atoms with van der Waals surface area (Å²) in [7, 11) is 0. The molecule has 110 valence electrons. The molecule has 1 aliphatic carbocycles. The van der Waals surface area contributed by atoms with Gasteiger partial charge in [-0.2, -0.15) is 0 Å². The maximum absolute atomic E-state index is 10.8. The number of benzene rings is 1.